The van der Waals surface area contributed by atoms with Crippen LogP contribution in [0.1, 0.15) is 16.7 Å². The standard InChI is InChI=1S/C23H14Cl2N2O5/c24-18-7-3-1-6-15(18)13-31-21-8-4-2-5-14(21)11-20-23(28)32-22(26-20)17-10-9-16(27(29)30)12-19(17)25/h1-12H,13H2/b20-11-. The van der Waals surface area contributed by atoms with Gasteiger partial charge in [-0.15, -0.1) is 0 Å². The highest BCUT2D eigenvalue weighted by Gasteiger charge is 2.27. The number of hydrogen-bond donors (Lipinski definition) is 0. The van der Waals surface area contributed by atoms with Gasteiger partial charge in [0.1, 0.15) is 12.4 Å². The molecule has 3 aromatic carbocycles. The number of nitrogens with zero attached hydrogens (tertiary/aromatic N) is 2. The van der Waals surface area contributed by atoms with Crippen molar-refractivity contribution in [2.45, 2.75) is 6.61 Å². The lowest BCUT2D eigenvalue weighted by Crippen LogP contribution is -2.06. The quantitative estimate of drug-likeness (QED) is 0.196. The Kier molecular flexibility index (Phi) is 6.20. The van der Waals surface area contributed by atoms with E-state index in [0.29, 0.717) is 16.3 Å². The lowest BCUT2D eigenvalue weighted by Gasteiger charge is -2.10. The first-order valence-corrected chi connectivity index (χ1v) is 10.1. The van der Waals surface area contributed by atoms with Crippen LogP contribution >= 0.6 is 23.2 Å². The average molecular weight is 469 g/mol. The molecule has 1 heterocycles. The molecule has 0 atom stereocenters. The van der Waals surface area contributed by atoms with Gasteiger partial charge in [-0.1, -0.05) is 59.6 Å². The van der Waals surface area contributed by atoms with E-state index in [0.717, 1.165) is 5.56 Å². The number of carbonyl (C=O) groups is 1. The summed E-state index contributed by atoms with van der Waals surface area (Å²) in [7, 11) is 0. The predicted octanol–water partition coefficient (Wildman–Crippen LogP) is 5.83. The Morgan fingerprint density at radius 3 is 2.53 bits per heavy atom. The molecule has 0 unspecified atom stereocenters. The molecule has 32 heavy (non-hydrogen) atoms. The third-order valence-corrected chi connectivity index (χ3v) is 5.25. The van der Waals surface area contributed by atoms with Gasteiger partial charge in [-0.3, -0.25) is 10.1 Å². The van der Waals surface area contributed by atoms with Crippen LogP contribution in [0.4, 0.5) is 5.69 Å². The minimum absolute atomic E-state index is 0.0318. The molecule has 160 valence electrons. The number of nitro benzene ring substituents is 1. The van der Waals surface area contributed by atoms with Crippen LogP contribution < -0.4 is 4.74 Å². The van der Waals surface area contributed by atoms with Gasteiger partial charge in [0, 0.05) is 28.3 Å². The van der Waals surface area contributed by atoms with E-state index in [1.54, 1.807) is 24.3 Å². The number of halogens is 2. The number of nitro groups is 1. The van der Waals surface area contributed by atoms with Crippen molar-refractivity contribution in [1.29, 1.82) is 0 Å². The monoisotopic (exact) mass is 468 g/mol. The number of para-hydroxylation sites is 1. The largest absolute Gasteiger partial charge is 0.488 e. The number of rotatable bonds is 6. The SMILES string of the molecule is O=C1OC(c2ccc([N+](=O)[O-])cc2Cl)=N/C1=C\c1ccccc1OCc1ccccc1Cl. The van der Waals surface area contributed by atoms with Crippen molar-refractivity contribution in [3.63, 3.8) is 0 Å². The average Bonchev–Trinajstić information content (AvgIpc) is 3.13. The molecule has 0 saturated heterocycles. The summed E-state index contributed by atoms with van der Waals surface area (Å²) in [6.45, 7) is 0.247. The summed E-state index contributed by atoms with van der Waals surface area (Å²) < 4.78 is 11.1. The maximum absolute atomic E-state index is 12.4. The van der Waals surface area contributed by atoms with Crippen LogP contribution in [0.3, 0.4) is 0 Å². The molecule has 0 saturated carbocycles. The van der Waals surface area contributed by atoms with Gasteiger partial charge in [0.15, 0.2) is 5.70 Å². The Bertz CT molecular complexity index is 1290. The zero-order valence-electron chi connectivity index (χ0n) is 16.3. The third kappa shape index (κ3) is 4.64. The number of benzene rings is 3. The summed E-state index contributed by atoms with van der Waals surface area (Å²) in [5.74, 6) is -0.171. The Morgan fingerprint density at radius 2 is 1.78 bits per heavy atom. The van der Waals surface area contributed by atoms with Crippen molar-refractivity contribution in [3.8, 4) is 5.75 Å². The van der Waals surface area contributed by atoms with E-state index in [1.807, 2.05) is 24.3 Å². The van der Waals surface area contributed by atoms with Crippen LogP contribution in [0, 0.1) is 10.1 Å². The fourth-order valence-electron chi connectivity index (χ4n) is 2.96. The smallest absolute Gasteiger partial charge is 0.363 e. The van der Waals surface area contributed by atoms with E-state index in [9.17, 15) is 14.9 Å². The van der Waals surface area contributed by atoms with Crippen LogP contribution in [0.5, 0.6) is 5.75 Å². The van der Waals surface area contributed by atoms with Crippen LogP contribution in [-0.2, 0) is 16.1 Å². The molecular weight excluding hydrogens is 455 g/mol. The van der Waals surface area contributed by atoms with E-state index < -0.39 is 10.9 Å². The van der Waals surface area contributed by atoms with Gasteiger partial charge in [-0.05, 0) is 24.3 Å². The zero-order valence-corrected chi connectivity index (χ0v) is 17.8. The van der Waals surface area contributed by atoms with Crippen molar-refractivity contribution in [2.24, 2.45) is 4.99 Å². The number of hydrogen-bond acceptors (Lipinski definition) is 6. The number of esters is 1. The second-order valence-corrected chi connectivity index (χ2v) is 7.49. The molecular formula is C23H14Cl2N2O5. The zero-order chi connectivity index (χ0) is 22.7. The van der Waals surface area contributed by atoms with Gasteiger partial charge >= 0.3 is 5.97 Å². The van der Waals surface area contributed by atoms with Gasteiger partial charge in [-0.25, -0.2) is 9.79 Å². The highest BCUT2D eigenvalue weighted by atomic mass is 35.5. The van der Waals surface area contributed by atoms with Crippen molar-refractivity contribution >= 4 is 46.8 Å². The Balaban J connectivity index is 1.60. The number of carbonyl (C=O) groups excluding carboxylic acids is 1. The second kappa shape index (κ2) is 9.21. The van der Waals surface area contributed by atoms with Crippen LogP contribution in [-0.4, -0.2) is 16.8 Å². The van der Waals surface area contributed by atoms with Crippen molar-refractivity contribution in [1.82, 2.24) is 0 Å². The van der Waals surface area contributed by atoms with E-state index in [1.165, 1.54) is 24.3 Å². The van der Waals surface area contributed by atoms with Crippen LogP contribution in [0.25, 0.3) is 6.08 Å². The number of non-ortho nitro benzene ring substituents is 1. The lowest BCUT2D eigenvalue weighted by molar-refractivity contribution is -0.384. The van der Waals surface area contributed by atoms with Crippen molar-refractivity contribution in [3.05, 3.63) is 109 Å². The van der Waals surface area contributed by atoms with Gasteiger partial charge in [0.2, 0.25) is 5.90 Å². The van der Waals surface area contributed by atoms with E-state index in [4.69, 9.17) is 32.7 Å². The summed E-state index contributed by atoms with van der Waals surface area (Å²) in [6, 6.07) is 18.3. The fourth-order valence-corrected chi connectivity index (χ4v) is 3.41. The number of ether oxygens (including phenoxy) is 2. The molecule has 1 aliphatic rings. The van der Waals surface area contributed by atoms with Gasteiger partial charge in [-0.2, -0.15) is 0 Å². The third-order valence-electron chi connectivity index (χ3n) is 4.57. The number of cyclic esters (lactones) is 1. The first-order chi connectivity index (χ1) is 15.4. The summed E-state index contributed by atoms with van der Waals surface area (Å²) in [5, 5.41) is 11.5. The Labute approximate surface area is 192 Å². The van der Waals surface area contributed by atoms with Gasteiger partial charge in [0.25, 0.3) is 5.69 Å². The molecule has 0 radical (unpaired) electrons. The summed E-state index contributed by atoms with van der Waals surface area (Å²) in [4.78, 5) is 26.9. The Hall–Kier alpha value is -3.68. The predicted molar refractivity (Wildman–Crippen MR) is 121 cm³/mol. The Morgan fingerprint density at radius 1 is 1.03 bits per heavy atom. The molecule has 0 amide bonds. The summed E-state index contributed by atoms with van der Waals surface area (Å²) >= 11 is 12.3. The molecule has 0 bridgehead atoms. The molecule has 0 aromatic heterocycles. The minimum atomic E-state index is -0.671. The number of aliphatic imine (C=N–C) groups is 1. The summed E-state index contributed by atoms with van der Waals surface area (Å²) in [5.41, 5.74) is 1.58. The fraction of sp³-hybridized carbons (Fsp3) is 0.0435. The maximum atomic E-state index is 12.4. The molecule has 4 rings (SSSR count). The molecule has 0 N–H and O–H groups in total. The van der Waals surface area contributed by atoms with Gasteiger partial charge < -0.3 is 9.47 Å². The highest BCUT2D eigenvalue weighted by molar-refractivity contribution is 6.34. The molecule has 7 nitrogen and oxygen atoms in total. The second-order valence-electron chi connectivity index (χ2n) is 6.68. The van der Waals surface area contributed by atoms with Crippen LogP contribution in [0.2, 0.25) is 10.0 Å². The van der Waals surface area contributed by atoms with Crippen LogP contribution in [0.15, 0.2) is 77.4 Å². The highest BCUT2D eigenvalue weighted by Crippen LogP contribution is 2.29. The first kappa shape index (κ1) is 21.5. The van der Waals surface area contributed by atoms with Crippen molar-refractivity contribution in [2.75, 3.05) is 0 Å². The topological polar surface area (TPSA) is 91.0 Å². The minimum Gasteiger partial charge on any atom is -0.488 e. The lowest BCUT2D eigenvalue weighted by atomic mass is 10.1. The molecule has 9 heteroatoms. The van der Waals surface area contributed by atoms with E-state index >= 15 is 0 Å². The molecule has 0 spiro atoms. The molecule has 3 aromatic rings. The van der Waals surface area contributed by atoms with E-state index in [2.05, 4.69) is 4.99 Å². The van der Waals surface area contributed by atoms with Crippen molar-refractivity contribution < 1.29 is 19.2 Å². The normalized spacial score (nSPS) is 14.2. The molecule has 1 aliphatic heterocycles. The molecule has 0 aliphatic carbocycles. The van der Waals surface area contributed by atoms with E-state index in [-0.39, 0.29) is 34.5 Å². The first-order valence-electron chi connectivity index (χ1n) is 9.34. The maximum Gasteiger partial charge on any atom is 0.363 e. The summed E-state index contributed by atoms with van der Waals surface area (Å²) in [6.07, 6.45) is 1.54. The molecule has 0 fully saturated rings. The van der Waals surface area contributed by atoms with Gasteiger partial charge in [0.05, 0.1) is 15.5 Å².